The maximum absolute atomic E-state index is 13.2. The van der Waals surface area contributed by atoms with Gasteiger partial charge in [-0.05, 0) is 72.9 Å². The fourth-order valence-corrected chi connectivity index (χ4v) is 6.19. The zero-order chi connectivity index (χ0) is 27.3. The summed E-state index contributed by atoms with van der Waals surface area (Å²) >= 11 is 6.12. The van der Waals surface area contributed by atoms with E-state index in [2.05, 4.69) is 17.0 Å². The first-order valence-electron chi connectivity index (χ1n) is 12.5. The van der Waals surface area contributed by atoms with E-state index in [1.165, 1.54) is 0 Å². The molecule has 4 aromatic carbocycles. The van der Waals surface area contributed by atoms with Crippen molar-refractivity contribution in [3.8, 4) is 5.75 Å². The largest absolute Gasteiger partial charge is 0.507 e. The van der Waals surface area contributed by atoms with Crippen molar-refractivity contribution >= 4 is 21.4 Å². The van der Waals surface area contributed by atoms with Gasteiger partial charge in [-0.15, -0.1) is 0 Å². The summed E-state index contributed by atoms with van der Waals surface area (Å²) in [6.07, 6.45) is -0.0149. The van der Waals surface area contributed by atoms with Crippen LogP contribution in [-0.2, 0) is 22.8 Å². The third kappa shape index (κ3) is 6.63. The second kappa shape index (κ2) is 12.1. The molecule has 0 amide bonds. The van der Waals surface area contributed by atoms with Crippen LogP contribution in [0.2, 0.25) is 5.02 Å². The van der Waals surface area contributed by atoms with E-state index in [0.29, 0.717) is 42.2 Å². The Morgan fingerprint density at radius 3 is 2.26 bits per heavy atom. The summed E-state index contributed by atoms with van der Waals surface area (Å²) in [7, 11) is -3.76. The van der Waals surface area contributed by atoms with Gasteiger partial charge in [0.05, 0.1) is 15.9 Å². The van der Waals surface area contributed by atoms with Crippen LogP contribution in [0.4, 0.5) is 0 Å². The van der Waals surface area contributed by atoms with Gasteiger partial charge in [0, 0.05) is 30.2 Å². The van der Waals surface area contributed by atoms with E-state index in [9.17, 15) is 18.6 Å². The first-order chi connectivity index (χ1) is 18.1. The zero-order valence-corrected chi connectivity index (χ0v) is 23.1. The molecule has 0 saturated carbocycles. The highest BCUT2D eigenvalue weighted by Gasteiger charge is 2.22. The van der Waals surface area contributed by atoms with Crippen molar-refractivity contribution in [1.82, 2.24) is 4.90 Å². The first-order valence-corrected chi connectivity index (χ1v) is 14.3. The van der Waals surface area contributed by atoms with Crippen molar-refractivity contribution in [2.45, 2.75) is 42.7 Å². The number of hydrogen-bond donors (Lipinski definition) is 2. The van der Waals surface area contributed by atoms with Crippen LogP contribution < -0.4 is 0 Å². The predicted octanol–water partition coefficient (Wildman–Crippen LogP) is 6.27. The monoisotopic (exact) mass is 549 g/mol. The molecule has 0 aromatic heterocycles. The highest BCUT2D eigenvalue weighted by Crippen LogP contribution is 2.31. The number of rotatable bonds is 10. The average molecular weight is 550 g/mol. The number of sulfone groups is 1. The van der Waals surface area contributed by atoms with Gasteiger partial charge in [-0.3, -0.25) is 4.90 Å². The van der Waals surface area contributed by atoms with Gasteiger partial charge in [0.15, 0.2) is 0 Å². The Morgan fingerprint density at radius 2 is 1.58 bits per heavy atom. The molecule has 1 atom stereocenters. The van der Waals surface area contributed by atoms with Crippen molar-refractivity contribution in [1.29, 1.82) is 0 Å². The smallest absolute Gasteiger partial charge is 0.206 e. The number of phenolic OH excluding ortho intramolecular Hbond substituents is 1. The van der Waals surface area contributed by atoms with Crippen molar-refractivity contribution in [2.24, 2.45) is 0 Å². The number of aliphatic hydroxyl groups excluding tert-OH is 1. The maximum Gasteiger partial charge on any atom is 0.206 e. The minimum absolute atomic E-state index is 0.00108. The highest BCUT2D eigenvalue weighted by molar-refractivity contribution is 7.91. The fourth-order valence-electron chi connectivity index (χ4n) is 4.50. The van der Waals surface area contributed by atoms with E-state index in [0.717, 1.165) is 16.7 Å². The van der Waals surface area contributed by atoms with Gasteiger partial charge in [0.25, 0.3) is 0 Å². The Balaban J connectivity index is 1.49. The number of halogens is 1. The maximum atomic E-state index is 13.2. The third-order valence-electron chi connectivity index (χ3n) is 6.74. The summed E-state index contributed by atoms with van der Waals surface area (Å²) in [4.78, 5) is 2.48. The summed E-state index contributed by atoms with van der Waals surface area (Å²) in [5, 5.41) is 21.7. The number of aryl methyl sites for hydroxylation is 1. The lowest BCUT2D eigenvalue weighted by Crippen LogP contribution is -2.30. The normalized spacial score (nSPS) is 12.6. The molecule has 198 valence electrons. The van der Waals surface area contributed by atoms with Crippen LogP contribution in [0.25, 0.3) is 0 Å². The molecule has 0 aliphatic rings. The molecule has 4 aromatic rings. The lowest BCUT2D eigenvalue weighted by Gasteiger charge is -2.25. The SMILES string of the molecule is Cc1ccc(S(=O)(=O)c2ccc(CCN(Cc3ccccc3)C[C@H](O)c3cccc(Cl)c3)cc2)c(C)c1O. The molecular formula is C31H32ClNO4S. The van der Waals surface area contributed by atoms with Crippen LogP contribution in [0.15, 0.2) is 101 Å². The lowest BCUT2D eigenvalue weighted by molar-refractivity contribution is 0.109. The molecule has 0 bridgehead atoms. The fraction of sp³-hybridized carbons (Fsp3) is 0.226. The van der Waals surface area contributed by atoms with Crippen LogP contribution in [0.3, 0.4) is 0 Å². The van der Waals surface area contributed by atoms with Crippen LogP contribution in [0, 0.1) is 13.8 Å². The Labute approximate surface area is 229 Å². The lowest BCUT2D eigenvalue weighted by atomic mass is 10.1. The molecule has 4 rings (SSSR count). The second-order valence-corrected chi connectivity index (χ2v) is 11.9. The van der Waals surface area contributed by atoms with Gasteiger partial charge >= 0.3 is 0 Å². The minimum Gasteiger partial charge on any atom is -0.507 e. The van der Waals surface area contributed by atoms with E-state index >= 15 is 0 Å². The number of aliphatic hydroxyl groups is 1. The summed E-state index contributed by atoms with van der Waals surface area (Å²) in [5.41, 5.74) is 3.88. The molecule has 0 aliphatic carbocycles. The molecule has 0 radical (unpaired) electrons. The summed E-state index contributed by atoms with van der Waals surface area (Å²) < 4.78 is 26.4. The van der Waals surface area contributed by atoms with Gasteiger partial charge in [-0.25, -0.2) is 8.42 Å². The van der Waals surface area contributed by atoms with Crippen molar-refractivity contribution < 1.29 is 18.6 Å². The summed E-state index contributed by atoms with van der Waals surface area (Å²) in [6, 6.07) is 27.4. The molecule has 0 heterocycles. The molecule has 0 saturated heterocycles. The highest BCUT2D eigenvalue weighted by atomic mass is 35.5. The van der Waals surface area contributed by atoms with E-state index in [1.807, 2.05) is 42.5 Å². The summed E-state index contributed by atoms with van der Waals surface area (Å²) in [5.74, 6) is 0.00108. The average Bonchev–Trinajstić information content (AvgIpc) is 2.91. The number of aromatic hydroxyl groups is 1. The van der Waals surface area contributed by atoms with E-state index in [-0.39, 0.29) is 15.5 Å². The van der Waals surface area contributed by atoms with E-state index in [4.69, 9.17) is 11.6 Å². The van der Waals surface area contributed by atoms with Crippen molar-refractivity contribution in [3.05, 3.63) is 124 Å². The Hall–Kier alpha value is -3.16. The molecule has 38 heavy (non-hydrogen) atoms. The van der Waals surface area contributed by atoms with Gasteiger partial charge in [0.1, 0.15) is 5.75 Å². The van der Waals surface area contributed by atoms with E-state index < -0.39 is 15.9 Å². The van der Waals surface area contributed by atoms with Crippen LogP contribution in [-0.4, -0.2) is 36.6 Å². The molecule has 2 N–H and O–H groups in total. The second-order valence-electron chi connectivity index (χ2n) is 9.54. The predicted molar refractivity (Wildman–Crippen MR) is 151 cm³/mol. The van der Waals surface area contributed by atoms with Crippen molar-refractivity contribution in [2.75, 3.05) is 13.1 Å². The first kappa shape index (κ1) is 27.9. The number of nitrogens with zero attached hydrogens (tertiary/aromatic N) is 1. The number of hydrogen-bond acceptors (Lipinski definition) is 5. The van der Waals surface area contributed by atoms with Gasteiger partial charge in [-0.1, -0.05) is 72.3 Å². The van der Waals surface area contributed by atoms with Gasteiger partial charge < -0.3 is 10.2 Å². The van der Waals surface area contributed by atoms with Crippen LogP contribution >= 0.6 is 11.6 Å². The molecule has 0 spiro atoms. The van der Waals surface area contributed by atoms with Crippen LogP contribution in [0.1, 0.15) is 33.9 Å². The number of benzene rings is 4. The minimum atomic E-state index is -3.76. The van der Waals surface area contributed by atoms with E-state index in [1.54, 1.807) is 50.2 Å². The summed E-state index contributed by atoms with van der Waals surface area (Å²) in [6.45, 7) is 5.12. The standard InChI is InChI=1S/C31H32ClNO4S/c1-22-11-16-30(23(2)31(22)35)38(36,37)28-14-12-24(13-15-28)17-18-33(20-25-7-4-3-5-8-25)21-29(34)26-9-6-10-27(32)19-26/h3-16,19,29,34-35H,17-18,20-21H2,1-2H3/t29-/m0/s1. The van der Waals surface area contributed by atoms with Gasteiger partial charge in [-0.2, -0.15) is 0 Å². The zero-order valence-electron chi connectivity index (χ0n) is 21.5. The molecule has 0 fully saturated rings. The molecule has 7 heteroatoms. The van der Waals surface area contributed by atoms with Crippen molar-refractivity contribution in [3.63, 3.8) is 0 Å². The quantitative estimate of drug-likeness (QED) is 0.244. The Kier molecular flexibility index (Phi) is 8.90. The molecular weight excluding hydrogens is 518 g/mol. The molecule has 0 aliphatic heterocycles. The molecule has 0 unspecified atom stereocenters. The van der Waals surface area contributed by atoms with Crippen LogP contribution in [0.5, 0.6) is 5.75 Å². The third-order valence-corrected chi connectivity index (χ3v) is 8.89. The number of phenols is 1. The van der Waals surface area contributed by atoms with Gasteiger partial charge in [0.2, 0.25) is 9.84 Å². The topological polar surface area (TPSA) is 77.8 Å². The molecule has 5 nitrogen and oxygen atoms in total. The Bertz CT molecular complexity index is 1490. The Morgan fingerprint density at radius 1 is 0.868 bits per heavy atom.